The zero-order valence-electron chi connectivity index (χ0n) is 30.0. The molecular weight excluding hydrogens is 703 g/mol. The summed E-state index contributed by atoms with van der Waals surface area (Å²) >= 11 is 1.86. The normalized spacial score (nSPS) is 11.6. The summed E-state index contributed by atoms with van der Waals surface area (Å²) in [6.45, 7) is 0. The molecule has 4 aromatic heterocycles. The number of fused-ring (bicyclic) bond motifs is 6. The van der Waals surface area contributed by atoms with Crippen molar-refractivity contribution in [3.05, 3.63) is 188 Å². The third-order valence-corrected chi connectivity index (χ3v) is 11.7. The maximum Gasteiger partial charge on any atom is 0.164 e. The van der Waals surface area contributed by atoms with Crippen LogP contribution in [-0.4, -0.2) is 24.5 Å². The quantitative estimate of drug-likeness (QED) is 0.171. The minimum atomic E-state index is 0.622. The Hall–Kier alpha value is -7.28. The summed E-state index contributed by atoms with van der Waals surface area (Å²) in [4.78, 5) is 19.3. The van der Waals surface area contributed by atoms with E-state index in [1.165, 1.54) is 42.0 Å². The van der Waals surface area contributed by atoms with Crippen LogP contribution in [0.1, 0.15) is 0 Å². The largest absolute Gasteiger partial charge is 0.309 e. The Morgan fingerprint density at radius 3 is 1.75 bits per heavy atom. The third kappa shape index (κ3) is 5.54. The molecule has 5 nitrogen and oxygen atoms in total. The van der Waals surface area contributed by atoms with E-state index in [4.69, 9.17) is 15.0 Å². The number of aromatic nitrogens is 5. The molecule has 0 spiro atoms. The second-order valence-corrected chi connectivity index (χ2v) is 15.0. The fraction of sp³-hybridized carbons (Fsp3) is 0. The first kappa shape index (κ1) is 32.2. The Labute approximate surface area is 326 Å². The molecule has 0 amide bonds. The van der Waals surface area contributed by atoms with Gasteiger partial charge in [0.05, 0.1) is 11.0 Å². The van der Waals surface area contributed by atoms with Gasteiger partial charge in [-0.1, -0.05) is 121 Å². The van der Waals surface area contributed by atoms with Gasteiger partial charge < -0.3 is 4.57 Å². The smallest absolute Gasteiger partial charge is 0.164 e. The SMILES string of the molecule is c1ccc(-c2nc(-c3ccc(-c4ccc5c(c4)c4cc6c(cc4n5-c4ccccc4)sc4ccccc46)cc3)nc(-c3cccc(-c4cccnc4)c3)n2)cc1. The Balaban J connectivity index is 1.02. The molecule has 0 saturated heterocycles. The number of benzene rings is 7. The van der Waals surface area contributed by atoms with Gasteiger partial charge in [0, 0.05) is 71.3 Å². The summed E-state index contributed by atoms with van der Waals surface area (Å²) in [5.74, 6) is 1.88. The van der Waals surface area contributed by atoms with Crippen LogP contribution in [0.5, 0.6) is 0 Å². The number of hydrogen-bond acceptors (Lipinski definition) is 5. The lowest BCUT2D eigenvalue weighted by Crippen LogP contribution is -2.00. The lowest BCUT2D eigenvalue weighted by Gasteiger charge is -2.10. The maximum absolute atomic E-state index is 5.05. The van der Waals surface area contributed by atoms with Crippen LogP contribution < -0.4 is 0 Å². The molecule has 0 aliphatic heterocycles. The molecule has 11 aromatic rings. The molecule has 0 saturated carbocycles. The molecule has 56 heavy (non-hydrogen) atoms. The fourth-order valence-electron chi connectivity index (χ4n) is 7.81. The van der Waals surface area contributed by atoms with Crippen molar-refractivity contribution < 1.29 is 0 Å². The van der Waals surface area contributed by atoms with Gasteiger partial charge in [-0.15, -0.1) is 11.3 Å². The van der Waals surface area contributed by atoms with Gasteiger partial charge in [-0.3, -0.25) is 4.98 Å². The summed E-state index contributed by atoms with van der Waals surface area (Å²) in [7, 11) is 0. The van der Waals surface area contributed by atoms with E-state index < -0.39 is 0 Å². The van der Waals surface area contributed by atoms with Crippen LogP contribution in [0.2, 0.25) is 0 Å². The molecule has 0 atom stereocenters. The molecule has 11 rings (SSSR count). The van der Waals surface area contributed by atoms with E-state index in [2.05, 4.69) is 137 Å². The monoisotopic (exact) mass is 733 g/mol. The topological polar surface area (TPSA) is 56.5 Å². The van der Waals surface area contributed by atoms with E-state index >= 15 is 0 Å². The molecule has 0 bridgehead atoms. The highest BCUT2D eigenvalue weighted by Gasteiger charge is 2.17. The predicted octanol–water partition coefficient (Wildman–Crippen LogP) is 13.1. The van der Waals surface area contributed by atoms with E-state index in [0.717, 1.165) is 44.6 Å². The second-order valence-electron chi connectivity index (χ2n) is 13.9. The number of thiophene rings is 1. The molecule has 262 valence electrons. The highest BCUT2D eigenvalue weighted by atomic mass is 32.1. The van der Waals surface area contributed by atoms with Gasteiger partial charge >= 0.3 is 0 Å². The van der Waals surface area contributed by atoms with Crippen molar-refractivity contribution in [1.82, 2.24) is 24.5 Å². The Kier molecular flexibility index (Phi) is 7.60. The predicted molar refractivity (Wildman–Crippen MR) is 232 cm³/mol. The van der Waals surface area contributed by atoms with Gasteiger partial charge in [-0.25, -0.2) is 15.0 Å². The van der Waals surface area contributed by atoms with Crippen LogP contribution in [0.15, 0.2) is 188 Å². The molecule has 0 fully saturated rings. The fourth-order valence-corrected chi connectivity index (χ4v) is 8.93. The average molecular weight is 734 g/mol. The average Bonchev–Trinajstić information content (AvgIpc) is 3.80. The molecule has 0 N–H and O–H groups in total. The Bertz CT molecular complexity index is 3230. The van der Waals surface area contributed by atoms with Crippen molar-refractivity contribution in [3.8, 4) is 62.1 Å². The van der Waals surface area contributed by atoms with Gasteiger partial charge in [-0.2, -0.15) is 0 Å². The first-order valence-corrected chi connectivity index (χ1v) is 19.4. The first-order chi connectivity index (χ1) is 27.7. The lowest BCUT2D eigenvalue weighted by atomic mass is 10.0. The second kappa shape index (κ2) is 13.2. The molecule has 6 heteroatoms. The van der Waals surface area contributed by atoms with E-state index in [0.29, 0.717) is 17.5 Å². The molecule has 7 aromatic carbocycles. The highest BCUT2D eigenvalue weighted by Crippen LogP contribution is 2.41. The number of hydrogen-bond donors (Lipinski definition) is 0. The first-order valence-electron chi connectivity index (χ1n) is 18.6. The summed E-state index contributed by atoms with van der Waals surface area (Å²) in [5.41, 5.74) is 10.7. The van der Waals surface area contributed by atoms with E-state index in [1.807, 2.05) is 66.1 Å². The lowest BCUT2D eigenvalue weighted by molar-refractivity contribution is 1.07. The van der Waals surface area contributed by atoms with E-state index in [-0.39, 0.29) is 0 Å². The van der Waals surface area contributed by atoms with Crippen molar-refractivity contribution >= 4 is 53.3 Å². The van der Waals surface area contributed by atoms with Gasteiger partial charge in [0.1, 0.15) is 0 Å². The molecular formula is C50H31N5S. The number of nitrogens with zero attached hydrogens (tertiary/aromatic N) is 5. The highest BCUT2D eigenvalue weighted by molar-refractivity contribution is 7.25. The van der Waals surface area contributed by atoms with Gasteiger partial charge in [0.2, 0.25) is 0 Å². The van der Waals surface area contributed by atoms with Gasteiger partial charge in [0.25, 0.3) is 0 Å². The van der Waals surface area contributed by atoms with Crippen molar-refractivity contribution in [2.75, 3.05) is 0 Å². The zero-order valence-corrected chi connectivity index (χ0v) is 30.9. The van der Waals surface area contributed by atoms with E-state index in [9.17, 15) is 0 Å². The maximum atomic E-state index is 5.05. The van der Waals surface area contributed by atoms with Crippen molar-refractivity contribution in [1.29, 1.82) is 0 Å². The molecule has 0 unspecified atom stereocenters. The van der Waals surface area contributed by atoms with Crippen molar-refractivity contribution in [2.24, 2.45) is 0 Å². The Morgan fingerprint density at radius 2 is 0.964 bits per heavy atom. The Morgan fingerprint density at radius 1 is 0.357 bits per heavy atom. The van der Waals surface area contributed by atoms with Crippen molar-refractivity contribution in [2.45, 2.75) is 0 Å². The summed E-state index contributed by atoms with van der Waals surface area (Å²) in [5, 5.41) is 5.08. The van der Waals surface area contributed by atoms with Crippen LogP contribution in [0.4, 0.5) is 0 Å². The number of rotatable bonds is 6. The molecule has 0 radical (unpaired) electrons. The van der Waals surface area contributed by atoms with Crippen LogP contribution in [0, 0.1) is 0 Å². The zero-order chi connectivity index (χ0) is 37.0. The minimum absolute atomic E-state index is 0.622. The van der Waals surface area contributed by atoms with Crippen LogP contribution in [0.3, 0.4) is 0 Å². The summed E-state index contributed by atoms with van der Waals surface area (Å²) in [6.07, 6.45) is 3.66. The van der Waals surface area contributed by atoms with Crippen molar-refractivity contribution in [3.63, 3.8) is 0 Å². The minimum Gasteiger partial charge on any atom is -0.309 e. The standard InChI is InChI=1S/C50H31N5S/c1-3-11-33(12-4-1)48-52-49(54-50(53-48)37-14-9-13-35(27-37)38-15-10-26-51-31-38)34-22-20-32(21-23-34)36-24-25-44-41(28-36)42-29-43-40-18-7-8-19-46(40)56-47(43)30-45(42)55(44)39-16-5-2-6-17-39/h1-31H. The molecule has 4 heterocycles. The number of para-hydroxylation sites is 1. The van der Waals surface area contributed by atoms with Crippen LogP contribution in [0.25, 0.3) is 104 Å². The molecule has 0 aliphatic carbocycles. The van der Waals surface area contributed by atoms with Gasteiger partial charge in [-0.05, 0) is 71.3 Å². The van der Waals surface area contributed by atoms with E-state index in [1.54, 1.807) is 6.20 Å². The summed E-state index contributed by atoms with van der Waals surface area (Å²) < 4.78 is 5.01. The third-order valence-electron chi connectivity index (χ3n) is 10.5. The summed E-state index contributed by atoms with van der Waals surface area (Å²) in [6, 6.07) is 62.0. The molecule has 0 aliphatic rings. The number of pyridine rings is 1. The van der Waals surface area contributed by atoms with Crippen LogP contribution in [-0.2, 0) is 0 Å². The van der Waals surface area contributed by atoms with Gasteiger partial charge in [0.15, 0.2) is 17.5 Å². The van der Waals surface area contributed by atoms with Crippen LogP contribution >= 0.6 is 11.3 Å².